The molecule has 0 aliphatic heterocycles. The fourth-order valence-electron chi connectivity index (χ4n) is 2.17. The first kappa shape index (κ1) is 15.1. The summed E-state index contributed by atoms with van der Waals surface area (Å²) in [5, 5.41) is 14.7. The van der Waals surface area contributed by atoms with E-state index in [1.54, 1.807) is 34.0 Å². The maximum atomic E-state index is 5.55. The molecule has 6 nitrogen and oxygen atoms in total. The van der Waals surface area contributed by atoms with Crippen molar-refractivity contribution in [2.45, 2.75) is 17.5 Å². The van der Waals surface area contributed by atoms with Crippen molar-refractivity contribution in [3.8, 4) is 11.5 Å². The molecule has 4 rings (SSSR count). The Bertz CT molecular complexity index is 902. The van der Waals surface area contributed by atoms with Gasteiger partial charge in [0.15, 0.2) is 0 Å². The van der Waals surface area contributed by atoms with Gasteiger partial charge < -0.3 is 4.42 Å². The van der Waals surface area contributed by atoms with Crippen LogP contribution in [0.15, 0.2) is 63.7 Å². The van der Waals surface area contributed by atoms with Gasteiger partial charge in [-0.05, 0) is 34.0 Å². The number of thiophene rings is 1. The Morgan fingerprint density at radius 1 is 1.12 bits per heavy atom. The van der Waals surface area contributed by atoms with Gasteiger partial charge in [0.25, 0.3) is 0 Å². The molecule has 0 spiro atoms. The van der Waals surface area contributed by atoms with Gasteiger partial charge >= 0.3 is 0 Å². The third-order valence-corrected chi connectivity index (χ3v) is 5.16. The van der Waals surface area contributed by atoms with Crippen molar-refractivity contribution in [1.82, 2.24) is 25.2 Å². The van der Waals surface area contributed by atoms with E-state index in [2.05, 4.69) is 26.6 Å². The Balaban J connectivity index is 1.43. The highest BCUT2D eigenvalue weighted by atomic mass is 32.2. The number of tetrazole rings is 1. The molecule has 0 saturated carbocycles. The number of aromatic nitrogens is 5. The number of thioether (sulfide) groups is 1. The van der Waals surface area contributed by atoms with E-state index in [1.807, 2.05) is 41.8 Å². The van der Waals surface area contributed by atoms with E-state index in [4.69, 9.17) is 4.42 Å². The average Bonchev–Trinajstić information content (AvgIpc) is 3.37. The van der Waals surface area contributed by atoms with E-state index >= 15 is 0 Å². The zero-order chi connectivity index (χ0) is 16.2. The van der Waals surface area contributed by atoms with Crippen LogP contribution in [0.3, 0.4) is 0 Å². The van der Waals surface area contributed by atoms with E-state index in [0.717, 1.165) is 16.4 Å². The van der Waals surface area contributed by atoms with Crippen molar-refractivity contribution in [2.24, 2.45) is 0 Å². The first-order chi connectivity index (χ1) is 11.9. The fraction of sp³-hybridized carbons (Fsp3) is 0.125. The average molecular weight is 355 g/mol. The summed E-state index contributed by atoms with van der Waals surface area (Å²) in [4.78, 5) is 5.74. The molecule has 1 aromatic carbocycles. The molecule has 3 heterocycles. The lowest BCUT2D eigenvalue weighted by molar-refractivity contribution is 0.573. The van der Waals surface area contributed by atoms with Gasteiger partial charge in [-0.25, -0.2) is 9.67 Å². The van der Waals surface area contributed by atoms with Gasteiger partial charge in [-0.15, -0.1) is 16.4 Å². The second-order valence-electron chi connectivity index (χ2n) is 5.00. The van der Waals surface area contributed by atoms with Crippen LogP contribution in [-0.4, -0.2) is 25.2 Å². The normalized spacial score (nSPS) is 11.0. The summed E-state index contributed by atoms with van der Waals surface area (Å²) in [5.74, 6) is 1.28. The molecule has 8 heteroatoms. The largest absolute Gasteiger partial charge is 0.444 e. The minimum atomic E-state index is 0.629. The van der Waals surface area contributed by atoms with Gasteiger partial charge in [0.1, 0.15) is 6.26 Å². The van der Waals surface area contributed by atoms with Crippen LogP contribution in [0, 0.1) is 0 Å². The Labute approximate surface area is 146 Å². The van der Waals surface area contributed by atoms with Crippen molar-refractivity contribution in [1.29, 1.82) is 0 Å². The van der Waals surface area contributed by atoms with Gasteiger partial charge in [0, 0.05) is 16.2 Å². The lowest BCUT2D eigenvalue weighted by Crippen LogP contribution is -2.02. The van der Waals surface area contributed by atoms with E-state index in [1.165, 1.54) is 4.88 Å². The van der Waals surface area contributed by atoms with E-state index in [9.17, 15) is 0 Å². The Morgan fingerprint density at radius 2 is 2.04 bits per heavy atom. The number of hydrogen-bond acceptors (Lipinski definition) is 7. The SMILES string of the molecule is c1ccc(-c2nc(CSc3nnnn3Cc3cccs3)co2)cc1. The molecule has 0 bridgehead atoms. The molecule has 4 aromatic rings. The predicted molar refractivity (Wildman–Crippen MR) is 92.7 cm³/mol. The molecular formula is C16H13N5OS2. The minimum Gasteiger partial charge on any atom is -0.444 e. The van der Waals surface area contributed by atoms with Crippen molar-refractivity contribution in [3.63, 3.8) is 0 Å². The molecule has 0 saturated heterocycles. The quantitative estimate of drug-likeness (QED) is 0.491. The number of rotatable bonds is 6. The number of benzene rings is 1. The zero-order valence-corrected chi connectivity index (χ0v) is 14.2. The summed E-state index contributed by atoms with van der Waals surface area (Å²) < 4.78 is 7.36. The smallest absolute Gasteiger partial charge is 0.226 e. The molecule has 0 aliphatic rings. The number of oxazole rings is 1. The second-order valence-corrected chi connectivity index (χ2v) is 6.97. The van der Waals surface area contributed by atoms with Crippen LogP contribution < -0.4 is 0 Å². The lowest BCUT2D eigenvalue weighted by Gasteiger charge is -2.01. The molecule has 0 atom stereocenters. The first-order valence-electron chi connectivity index (χ1n) is 7.29. The highest BCUT2D eigenvalue weighted by Gasteiger charge is 2.11. The summed E-state index contributed by atoms with van der Waals surface area (Å²) >= 11 is 3.24. The van der Waals surface area contributed by atoms with E-state index in [-0.39, 0.29) is 0 Å². The minimum absolute atomic E-state index is 0.629. The molecule has 0 N–H and O–H groups in total. The van der Waals surface area contributed by atoms with Crippen molar-refractivity contribution in [2.75, 3.05) is 0 Å². The Hall–Kier alpha value is -2.45. The summed E-state index contributed by atoms with van der Waals surface area (Å²) in [6.45, 7) is 0.682. The third-order valence-electron chi connectivity index (χ3n) is 3.31. The molecule has 0 fully saturated rings. The van der Waals surface area contributed by atoms with Crippen LogP contribution in [-0.2, 0) is 12.3 Å². The monoisotopic (exact) mass is 355 g/mol. The van der Waals surface area contributed by atoms with Crippen LogP contribution in [0.1, 0.15) is 10.6 Å². The van der Waals surface area contributed by atoms with Gasteiger partial charge in [-0.3, -0.25) is 0 Å². The van der Waals surface area contributed by atoms with Crippen LogP contribution in [0.2, 0.25) is 0 Å². The summed E-state index contributed by atoms with van der Waals surface area (Å²) in [5.41, 5.74) is 1.83. The molecule has 3 aromatic heterocycles. The Morgan fingerprint density at radius 3 is 2.88 bits per heavy atom. The zero-order valence-electron chi connectivity index (χ0n) is 12.6. The van der Waals surface area contributed by atoms with E-state index < -0.39 is 0 Å². The van der Waals surface area contributed by atoms with Crippen molar-refractivity contribution in [3.05, 3.63) is 64.7 Å². The maximum Gasteiger partial charge on any atom is 0.226 e. The molecule has 0 unspecified atom stereocenters. The highest BCUT2D eigenvalue weighted by Crippen LogP contribution is 2.24. The molecule has 24 heavy (non-hydrogen) atoms. The van der Waals surface area contributed by atoms with Crippen LogP contribution in [0.25, 0.3) is 11.5 Å². The standard InChI is InChI=1S/C16H13N5OS2/c1-2-5-12(6-3-1)15-17-13(10-22-15)11-24-16-18-19-20-21(16)9-14-7-4-8-23-14/h1-8,10H,9,11H2. The summed E-state index contributed by atoms with van der Waals surface area (Å²) in [7, 11) is 0. The van der Waals surface area contributed by atoms with E-state index in [0.29, 0.717) is 18.2 Å². The summed E-state index contributed by atoms with van der Waals surface area (Å²) in [6.07, 6.45) is 1.68. The third kappa shape index (κ3) is 3.39. The lowest BCUT2D eigenvalue weighted by atomic mass is 10.2. The maximum absolute atomic E-state index is 5.55. The van der Waals surface area contributed by atoms with Crippen LogP contribution >= 0.6 is 23.1 Å². The number of nitrogens with zero attached hydrogens (tertiary/aromatic N) is 5. The van der Waals surface area contributed by atoms with Crippen molar-refractivity contribution >= 4 is 23.1 Å². The van der Waals surface area contributed by atoms with Gasteiger partial charge in [-0.2, -0.15) is 0 Å². The summed E-state index contributed by atoms with van der Waals surface area (Å²) in [6, 6.07) is 14.0. The molecule has 0 aliphatic carbocycles. The highest BCUT2D eigenvalue weighted by molar-refractivity contribution is 7.98. The Kier molecular flexibility index (Phi) is 4.39. The predicted octanol–water partition coefficient (Wildman–Crippen LogP) is 3.73. The fourth-order valence-corrected chi connectivity index (χ4v) is 3.61. The number of hydrogen-bond donors (Lipinski definition) is 0. The van der Waals surface area contributed by atoms with Gasteiger partial charge in [0.2, 0.25) is 11.0 Å². The van der Waals surface area contributed by atoms with Crippen LogP contribution in [0.5, 0.6) is 0 Å². The van der Waals surface area contributed by atoms with Gasteiger partial charge in [0.05, 0.1) is 12.2 Å². The topological polar surface area (TPSA) is 69.6 Å². The molecular weight excluding hydrogens is 342 g/mol. The van der Waals surface area contributed by atoms with Crippen molar-refractivity contribution < 1.29 is 4.42 Å². The second kappa shape index (κ2) is 6.98. The van der Waals surface area contributed by atoms with Crippen LogP contribution in [0.4, 0.5) is 0 Å². The molecule has 0 radical (unpaired) electrons. The first-order valence-corrected chi connectivity index (χ1v) is 9.16. The molecule has 0 amide bonds. The molecule has 120 valence electrons. The van der Waals surface area contributed by atoms with Gasteiger partial charge in [-0.1, -0.05) is 36.0 Å².